The van der Waals surface area contributed by atoms with Crippen LogP contribution in [0.2, 0.25) is 0 Å². The van der Waals surface area contributed by atoms with E-state index in [4.69, 9.17) is 5.73 Å². The average molecular weight is 165 g/mol. The lowest BCUT2D eigenvalue weighted by atomic mass is 10.3. The normalized spacial score (nSPS) is 14.6. The highest BCUT2D eigenvalue weighted by Gasteiger charge is 2.23. The first-order valence-electron chi connectivity index (χ1n) is 2.87. The minimum Gasteiger partial charge on any atom is -0.369 e. The van der Waals surface area contributed by atoms with Crippen molar-refractivity contribution in [3.05, 3.63) is 0 Å². The second-order valence-electron chi connectivity index (χ2n) is 2.13. The smallest absolute Gasteiger partial charge is 0.235 e. The number of nitrogens with two attached hydrogens (primary N) is 1. The van der Waals surface area contributed by atoms with Crippen molar-refractivity contribution in [3.63, 3.8) is 0 Å². The van der Waals surface area contributed by atoms with E-state index in [0.29, 0.717) is 0 Å². The van der Waals surface area contributed by atoms with Crippen molar-refractivity contribution in [2.75, 3.05) is 6.26 Å². The first-order chi connectivity index (χ1) is 4.39. The van der Waals surface area contributed by atoms with Crippen LogP contribution in [0.25, 0.3) is 0 Å². The van der Waals surface area contributed by atoms with E-state index in [1.807, 2.05) is 0 Å². The van der Waals surface area contributed by atoms with Crippen molar-refractivity contribution < 1.29 is 13.2 Å². The molecule has 4 nitrogen and oxygen atoms in total. The average Bonchev–Trinajstić information content (AvgIpc) is 1.60. The summed E-state index contributed by atoms with van der Waals surface area (Å²) < 4.78 is 21.4. The first kappa shape index (κ1) is 9.42. The minimum absolute atomic E-state index is 0.244. The summed E-state index contributed by atoms with van der Waals surface area (Å²) in [6, 6.07) is 0. The summed E-state index contributed by atoms with van der Waals surface area (Å²) in [5, 5.41) is -1.02. The van der Waals surface area contributed by atoms with Crippen LogP contribution in [0.4, 0.5) is 0 Å². The molecule has 1 atom stereocenters. The maximum absolute atomic E-state index is 10.7. The zero-order valence-corrected chi connectivity index (χ0v) is 6.81. The highest BCUT2D eigenvalue weighted by molar-refractivity contribution is 7.92. The number of amides is 1. The molecule has 0 bridgehead atoms. The van der Waals surface area contributed by atoms with Gasteiger partial charge in [-0.2, -0.15) is 0 Å². The maximum Gasteiger partial charge on any atom is 0.235 e. The zero-order chi connectivity index (χ0) is 8.36. The topological polar surface area (TPSA) is 77.2 Å². The molecule has 1 amide bonds. The number of hydrogen-bond donors (Lipinski definition) is 1. The zero-order valence-electron chi connectivity index (χ0n) is 5.99. The fraction of sp³-hybridized carbons (Fsp3) is 0.800. The van der Waals surface area contributed by atoms with Crippen LogP contribution in [0.5, 0.6) is 0 Å². The van der Waals surface area contributed by atoms with Gasteiger partial charge in [0.1, 0.15) is 5.25 Å². The quantitative estimate of drug-likeness (QED) is 0.600. The Morgan fingerprint density at radius 1 is 1.60 bits per heavy atom. The molecule has 0 aliphatic rings. The van der Waals surface area contributed by atoms with E-state index in [1.54, 1.807) is 6.92 Å². The van der Waals surface area contributed by atoms with Gasteiger partial charge in [0.15, 0.2) is 9.84 Å². The Bertz CT molecular complexity index is 219. The number of rotatable bonds is 3. The van der Waals surface area contributed by atoms with Crippen LogP contribution in [0.15, 0.2) is 0 Å². The van der Waals surface area contributed by atoms with E-state index in [2.05, 4.69) is 0 Å². The van der Waals surface area contributed by atoms with E-state index in [0.717, 1.165) is 6.26 Å². The third-order valence-corrected chi connectivity index (χ3v) is 2.80. The van der Waals surface area contributed by atoms with Gasteiger partial charge >= 0.3 is 0 Å². The molecule has 0 aromatic carbocycles. The van der Waals surface area contributed by atoms with Crippen LogP contribution in [-0.4, -0.2) is 25.8 Å². The monoisotopic (exact) mass is 165 g/mol. The lowest BCUT2D eigenvalue weighted by molar-refractivity contribution is -0.117. The van der Waals surface area contributed by atoms with E-state index in [-0.39, 0.29) is 6.42 Å². The van der Waals surface area contributed by atoms with Crippen molar-refractivity contribution >= 4 is 15.7 Å². The molecule has 0 aromatic heterocycles. The molecular formula is C5H11NO3S. The SMILES string of the molecule is CC[C@H](C(N)=O)S(C)(=O)=O. The summed E-state index contributed by atoms with van der Waals surface area (Å²) in [6.07, 6.45) is 1.25. The Morgan fingerprint density at radius 3 is 2.00 bits per heavy atom. The number of hydrogen-bond acceptors (Lipinski definition) is 3. The predicted molar refractivity (Wildman–Crippen MR) is 38.1 cm³/mol. The summed E-state index contributed by atoms with van der Waals surface area (Å²) in [5.41, 5.74) is 4.82. The fourth-order valence-electron chi connectivity index (χ4n) is 0.715. The lowest BCUT2D eigenvalue weighted by Gasteiger charge is -2.06. The molecule has 0 aliphatic carbocycles. The predicted octanol–water partition coefficient (Wildman–Crippen LogP) is -0.705. The van der Waals surface area contributed by atoms with Crippen molar-refractivity contribution in [1.29, 1.82) is 0 Å². The fourth-order valence-corrected chi connectivity index (χ4v) is 1.74. The molecule has 0 radical (unpaired) electrons. The molecule has 0 fully saturated rings. The molecule has 0 aliphatic heterocycles. The van der Waals surface area contributed by atoms with Crippen LogP contribution in [0, 0.1) is 0 Å². The Balaban J connectivity index is 4.55. The molecule has 0 rings (SSSR count). The summed E-state index contributed by atoms with van der Waals surface area (Å²) in [4.78, 5) is 10.4. The lowest BCUT2D eigenvalue weighted by Crippen LogP contribution is -2.34. The summed E-state index contributed by atoms with van der Waals surface area (Å²) in [6.45, 7) is 1.61. The summed E-state index contributed by atoms with van der Waals surface area (Å²) in [5.74, 6) is -0.773. The maximum atomic E-state index is 10.7. The van der Waals surface area contributed by atoms with Gasteiger partial charge in [-0.05, 0) is 6.42 Å². The van der Waals surface area contributed by atoms with Crippen molar-refractivity contribution in [2.24, 2.45) is 5.73 Å². The van der Waals surface area contributed by atoms with Gasteiger partial charge in [0.25, 0.3) is 0 Å². The third kappa shape index (κ3) is 2.34. The molecule has 0 aromatic rings. The molecule has 2 N–H and O–H groups in total. The Kier molecular flexibility index (Phi) is 2.83. The molecule has 0 unspecified atom stereocenters. The van der Waals surface area contributed by atoms with Gasteiger partial charge < -0.3 is 5.73 Å². The van der Waals surface area contributed by atoms with Crippen molar-refractivity contribution in [3.8, 4) is 0 Å². The van der Waals surface area contributed by atoms with Gasteiger partial charge in [0, 0.05) is 6.26 Å². The minimum atomic E-state index is -3.29. The van der Waals surface area contributed by atoms with Gasteiger partial charge in [-0.15, -0.1) is 0 Å². The molecular weight excluding hydrogens is 154 g/mol. The Labute approximate surface area is 60.3 Å². The highest BCUT2D eigenvalue weighted by atomic mass is 32.2. The third-order valence-electron chi connectivity index (χ3n) is 1.20. The molecule has 0 saturated carbocycles. The van der Waals surface area contributed by atoms with Gasteiger partial charge in [-0.25, -0.2) is 8.42 Å². The summed E-state index contributed by atoms with van der Waals surface area (Å²) in [7, 11) is -3.29. The van der Waals surface area contributed by atoms with Crippen LogP contribution in [-0.2, 0) is 14.6 Å². The standard InChI is InChI=1S/C5H11NO3S/c1-3-4(5(6)7)10(2,8)9/h4H,3H2,1-2H3,(H2,6,7)/t4-/m1/s1. The Morgan fingerprint density at radius 2 is 2.00 bits per heavy atom. The number of carbonyl (C=O) groups excluding carboxylic acids is 1. The molecule has 0 saturated heterocycles. The van der Waals surface area contributed by atoms with Gasteiger partial charge in [0.05, 0.1) is 0 Å². The highest BCUT2D eigenvalue weighted by Crippen LogP contribution is 2.01. The van der Waals surface area contributed by atoms with E-state index >= 15 is 0 Å². The van der Waals surface area contributed by atoms with Crippen LogP contribution in [0.3, 0.4) is 0 Å². The van der Waals surface area contributed by atoms with Gasteiger partial charge in [-0.3, -0.25) is 4.79 Å². The molecule has 10 heavy (non-hydrogen) atoms. The van der Waals surface area contributed by atoms with Crippen molar-refractivity contribution in [1.82, 2.24) is 0 Å². The number of sulfone groups is 1. The van der Waals surface area contributed by atoms with Crippen LogP contribution < -0.4 is 5.73 Å². The molecule has 60 valence electrons. The van der Waals surface area contributed by atoms with Crippen molar-refractivity contribution in [2.45, 2.75) is 18.6 Å². The molecule has 5 heteroatoms. The number of carbonyl (C=O) groups is 1. The van der Waals surface area contributed by atoms with Gasteiger partial charge in [-0.1, -0.05) is 6.92 Å². The first-order valence-corrected chi connectivity index (χ1v) is 4.83. The number of primary amides is 1. The molecule has 0 spiro atoms. The Hall–Kier alpha value is -0.580. The van der Waals surface area contributed by atoms with E-state index in [1.165, 1.54) is 0 Å². The van der Waals surface area contributed by atoms with Crippen LogP contribution >= 0.6 is 0 Å². The second-order valence-corrected chi connectivity index (χ2v) is 4.36. The van der Waals surface area contributed by atoms with Crippen LogP contribution in [0.1, 0.15) is 13.3 Å². The van der Waals surface area contributed by atoms with E-state index < -0.39 is 21.0 Å². The molecule has 0 heterocycles. The summed E-state index contributed by atoms with van der Waals surface area (Å²) >= 11 is 0. The second kappa shape index (κ2) is 3.01. The van der Waals surface area contributed by atoms with Gasteiger partial charge in [0.2, 0.25) is 5.91 Å². The van der Waals surface area contributed by atoms with E-state index in [9.17, 15) is 13.2 Å². The largest absolute Gasteiger partial charge is 0.369 e.